The first-order valence-electron chi connectivity index (χ1n) is 5.42. The SMILES string of the molecule is CC(C)(C)NCCCc1cnccc1N. The van der Waals surface area contributed by atoms with Gasteiger partial charge >= 0.3 is 0 Å². The van der Waals surface area contributed by atoms with Gasteiger partial charge in [-0.2, -0.15) is 0 Å². The molecule has 1 heterocycles. The van der Waals surface area contributed by atoms with Gasteiger partial charge in [-0.1, -0.05) is 0 Å². The number of nitrogen functional groups attached to an aromatic ring is 1. The van der Waals surface area contributed by atoms with Crippen LogP contribution in [-0.4, -0.2) is 17.1 Å². The highest BCUT2D eigenvalue weighted by Crippen LogP contribution is 2.10. The lowest BCUT2D eigenvalue weighted by atomic mass is 10.1. The monoisotopic (exact) mass is 207 g/mol. The summed E-state index contributed by atoms with van der Waals surface area (Å²) in [6.45, 7) is 7.53. The zero-order valence-electron chi connectivity index (χ0n) is 9.88. The van der Waals surface area contributed by atoms with Crippen molar-refractivity contribution in [2.24, 2.45) is 0 Å². The van der Waals surface area contributed by atoms with Gasteiger partial charge in [0.25, 0.3) is 0 Å². The molecule has 0 unspecified atom stereocenters. The Morgan fingerprint density at radius 1 is 1.40 bits per heavy atom. The normalized spacial score (nSPS) is 11.7. The molecule has 1 aromatic rings. The minimum absolute atomic E-state index is 0.195. The third-order valence-corrected chi connectivity index (χ3v) is 2.22. The number of pyridine rings is 1. The summed E-state index contributed by atoms with van der Waals surface area (Å²) in [7, 11) is 0. The highest BCUT2D eigenvalue weighted by molar-refractivity contribution is 5.44. The molecule has 0 aliphatic heterocycles. The van der Waals surface area contributed by atoms with Crippen LogP contribution in [0.15, 0.2) is 18.5 Å². The highest BCUT2D eigenvalue weighted by atomic mass is 14.9. The van der Waals surface area contributed by atoms with Gasteiger partial charge in [-0.3, -0.25) is 4.98 Å². The molecule has 0 amide bonds. The van der Waals surface area contributed by atoms with Gasteiger partial charge in [-0.25, -0.2) is 0 Å². The maximum Gasteiger partial charge on any atom is 0.0377 e. The minimum atomic E-state index is 0.195. The lowest BCUT2D eigenvalue weighted by Crippen LogP contribution is -2.36. The number of rotatable bonds is 4. The number of anilines is 1. The summed E-state index contributed by atoms with van der Waals surface area (Å²) in [6.07, 6.45) is 5.66. The Balaban J connectivity index is 2.30. The Morgan fingerprint density at radius 3 is 2.73 bits per heavy atom. The molecule has 0 radical (unpaired) electrons. The molecule has 15 heavy (non-hydrogen) atoms. The van der Waals surface area contributed by atoms with Crippen LogP contribution >= 0.6 is 0 Å². The lowest BCUT2D eigenvalue weighted by Gasteiger charge is -2.20. The zero-order chi connectivity index (χ0) is 11.3. The van der Waals surface area contributed by atoms with E-state index >= 15 is 0 Å². The average Bonchev–Trinajstić information content (AvgIpc) is 2.13. The summed E-state index contributed by atoms with van der Waals surface area (Å²) in [5, 5.41) is 3.45. The molecule has 3 N–H and O–H groups in total. The molecule has 0 spiro atoms. The van der Waals surface area contributed by atoms with Crippen molar-refractivity contribution in [3.05, 3.63) is 24.0 Å². The first kappa shape index (κ1) is 12.0. The summed E-state index contributed by atoms with van der Waals surface area (Å²) < 4.78 is 0. The van der Waals surface area contributed by atoms with E-state index < -0.39 is 0 Å². The first-order chi connectivity index (χ1) is 6.99. The largest absolute Gasteiger partial charge is 0.398 e. The fraction of sp³-hybridized carbons (Fsp3) is 0.583. The average molecular weight is 207 g/mol. The number of aromatic nitrogens is 1. The standard InChI is InChI=1S/C12H21N3/c1-12(2,3)15-7-4-5-10-9-14-8-6-11(10)13/h6,8-9,15H,4-5,7H2,1-3H3,(H2,13,14). The molecule has 0 saturated carbocycles. The summed E-state index contributed by atoms with van der Waals surface area (Å²) in [4.78, 5) is 4.07. The number of nitrogens with two attached hydrogens (primary N) is 1. The zero-order valence-corrected chi connectivity index (χ0v) is 9.88. The van der Waals surface area contributed by atoms with E-state index in [-0.39, 0.29) is 5.54 Å². The van der Waals surface area contributed by atoms with Gasteiger partial charge in [0.1, 0.15) is 0 Å². The fourth-order valence-corrected chi connectivity index (χ4v) is 1.39. The molecule has 0 aromatic carbocycles. The predicted octanol–water partition coefficient (Wildman–Crippen LogP) is 1.98. The molecule has 0 bridgehead atoms. The van der Waals surface area contributed by atoms with E-state index in [0.717, 1.165) is 30.6 Å². The van der Waals surface area contributed by atoms with E-state index in [2.05, 4.69) is 31.1 Å². The van der Waals surface area contributed by atoms with Crippen molar-refractivity contribution in [1.29, 1.82) is 0 Å². The van der Waals surface area contributed by atoms with E-state index in [0.29, 0.717) is 0 Å². The van der Waals surface area contributed by atoms with Crippen LogP contribution in [0.1, 0.15) is 32.8 Å². The molecular weight excluding hydrogens is 186 g/mol. The van der Waals surface area contributed by atoms with E-state index in [9.17, 15) is 0 Å². The minimum Gasteiger partial charge on any atom is -0.398 e. The van der Waals surface area contributed by atoms with Crippen LogP contribution in [-0.2, 0) is 6.42 Å². The molecule has 0 fully saturated rings. The maximum atomic E-state index is 5.83. The van der Waals surface area contributed by atoms with Crippen LogP contribution in [0, 0.1) is 0 Å². The van der Waals surface area contributed by atoms with E-state index in [1.165, 1.54) is 0 Å². The van der Waals surface area contributed by atoms with Crippen LogP contribution < -0.4 is 11.1 Å². The highest BCUT2D eigenvalue weighted by Gasteiger charge is 2.07. The van der Waals surface area contributed by atoms with Crippen LogP contribution in [0.4, 0.5) is 5.69 Å². The van der Waals surface area contributed by atoms with Gasteiger partial charge in [0.2, 0.25) is 0 Å². The summed E-state index contributed by atoms with van der Waals surface area (Å²) >= 11 is 0. The van der Waals surface area contributed by atoms with Gasteiger partial charge in [0, 0.05) is 23.6 Å². The molecule has 1 rings (SSSR count). The number of hydrogen-bond donors (Lipinski definition) is 2. The Morgan fingerprint density at radius 2 is 2.13 bits per heavy atom. The molecule has 1 aromatic heterocycles. The summed E-state index contributed by atoms with van der Waals surface area (Å²) in [5.41, 5.74) is 8.02. The maximum absolute atomic E-state index is 5.83. The topological polar surface area (TPSA) is 50.9 Å². The Kier molecular flexibility index (Phi) is 4.09. The van der Waals surface area contributed by atoms with Crippen molar-refractivity contribution in [3.8, 4) is 0 Å². The van der Waals surface area contributed by atoms with Gasteiger partial charge in [-0.05, 0) is 51.8 Å². The third kappa shape index (κ3) is 4.79. The Hall–Kier alpha value is -1.09. The second-order valence-corrected chi connectivity index (χ2v) is 4.85. The van der Waals surface area contributed by atoms with Crippen molar-refractivity contribution >= 4 is 5.69 Å². The number of hydrogen-bond acceptors (Lipinski definition) is 3. The van der Waals surface area contributed by atoms with Crippen LogP contribution in [0.3, 0.4) is 0 Å². The summed E-state index contributed by atoms with van der Waals surface area (Å²) in [5.74, 6) is 0. The number of nitrogens with one attached hydrogen (secondary N) is 1. The molecule has 3 heteroatoms. The smallest absolute Gasteiger partial charge is 0.0377 e. The van der Waals surface area contributed by atoms with Gasteiger partial charge in [-0.15, -0.1) is 0 Å². The van der Waals surface area contributed by atoms with Crippen molar-refractivity contribution in [1.82, 2.24) is 10.3 Å². The number of nitrogens with zero attached hydrogens (tertiary/aromatic N) is 1. The second-order valence-electron chi connectivity index (χ2n) is 4.85. The van der Waals surface area contributed by atoms with Crippen LogP contribution in [0.5, 0.6) is 0 Å². The van der Waals surface area contributed by atoms with E-state index in [4.69, 9.17) is 5.73 Å². The van der Waals surface area contributed by atoms with E-state index in [1.807, 2.05) is 12.3 Å². The van der Waals surface area contributed by atoms with Gasteiger partial charge < -0.3 is 11.1 Å². The second kappa shape index (κ2) is 5.12. The molecular formula is C12H21N3. The lowest BCUT2D eigenvalue weighted by molar-refractivity contribution is 0.422. The Labute approximate surface area is 92.1 Å². The fourth-order valence-electron chi connectivity index (χ4n) is 1.39. The van der Waals surface area contributed by atoms with Crippen molar-refractivity contribution in [2.45, 2.75) is 39.2 Å². The Bertz CT molecular complexity index is 302. The quantitative estimate of drug-likeness (QED) is 0.742. The molecule has 0 aliphatic carbocycles. The molecule has 0 aliphatic rings. The van der Waals surface area contributed by atoms with Crippen molar-refractivity contribution in [2.75, 3.05) is 12.3 Å². The van der Waals surface area contributed by atoms with Gasteiger partial charge in [0.15, 0.2) is 0 Å². The van der Waals surface area contributed by atoms with E-state index in [1.54, 1.807) is 6.20 Å². The molecule has 0 saturated heterocycles. The van der Waals surface area contributed by atoms with Crippen molar-refractivity contribution in [3.63, 3.8) is 0 Å². The molecule has 3 nitrogen and oxygen atoms in total. The van der Waals surface area contributed by atoms with Crippen LogP contribution in [0.2, 0.25) is 0 Å². The third-order valence-electron chi connectivity index (χ3n) is 2.22. The van der Waals surface area contributed by atoms with Gasteiger partial charge in [0.05, 0.1) is 0 Å². The molecule has 0 atom stereocenters. The van der Waals surface area contributed by atoms with Crippen LogP contribution in [0.25, 0.3) is 0 Å². The first-order valence-corrected chi connectivity index (χ1v) is 5.42. The van der Waals surface area contributed by atoms with Crippen molar-refractivity contribution < 1.29 is 0 Å². The number of aryl methyl sites for hydroxylation is 1. The summed E-state index contributed by atoms with van der Waals surface area (Å²) in [6, 6.07) is 1.85. The predicted molar refractivity (Wildman–Crippen MR) is 64.7 cm³/mol. The molecule has 84 valence electrons.